The number of amides is 1. The van der Waals surface area contributed by atoms with E-state index in [1.807, 2.05) is 44.2 Å². The molecule has 35 heavy (non-hydrogen) atoms. The van der Waals surface area contributed by atoms with Gasteiger partial charge in [-0.1, -0.05) is 12.1 Å². The second-order valence-corrected chi connectivity index (χ2v) is 9.18. The van der Waals surface area contributed by atoms with Crippen molar-refractivity contribution in [3.63, 3.8) is 0 Å². The molecule has 0 saturated heterocycles. The van der Waals surface area contributed by atoms with Gasteiger partial charge in [-0.15, -0.1) is 15.3 Å². The summed E-state index contributed by atoms with van der Waals surface area (Å²) < 4.78 is 15.5. The first-order valence-corrected chi connectivity index (χ1v) is 12.0. The third kappa shape index (κ3) is 3.60. The van der Waals surface area contributed by atoms with E-state index >= 15 is 0 Å². The Labute approximate surface area is 202 Å². The van der Waals surface area contributed by atoms with Crippen LogP contribution in [0.3, 0.4) is 0 Å². The smallest absolute Gasteiger partial charge is 0.226 e. The van der Waals surface area contributed by atoms with Gasteiger partial charge in [0.1, 0.15) is 5.82 Å². The lowest BCUT2D eigenvalue weighted by molar-refractivity contribution is -0.116. The first-order valence-electron chi connectivity index (χ1n) is 12.0. The molecule has 0 spiro atoms. The van der Waals surface area contributed by atoms with Crippen LogP contribution in [0.4, 0.5) is 5.82 Å². The lowest BCUT2D eigenvalue weighted by Crippen LogP contribution is -2.26. The van der Waals surface area contributed by atoms with Gasteiger partial charge in [0.05, 0.1) is 18.9 Å². The van der Waals surface area contributed by atoms with Crippen LogP contribution in [0.25, 0.3) is 11.5 Å². The molecule has 4 heterocycles. The van der Waals surface area contributed by atoms with Crippen molar-refractivity contribution < 1.29 is 14.3 Å². The van der Waals surface area contributed by atoms with E-state index in [2.05, 4.69) is 20.6 Å². The van der Waals surface area contributed by atoms with Gasteiger partial charge in [-0.25, -0.2) is 0 Å². The molecule has 6 rings (SSSR count). The number of aryl methyl sites for hydroxylation is 2. The number of para-hydroxylation sites is 1. The zero-order valence-electron chi connectivity index (χ0n) is 20.0. The predicted molar refractivity (Wildman–Crippen MR) is 128 cm³/mol. The summed E-state index contributed by atoms with van der Waals surface area (Å²) in [5, 5.41) is 20.7. The molecule has 1 aromatic carbocycles. The molecule has 1 aliphatic heterocycles. The van der Waals surface area contributed by atoms with Crippen molar-refractivity contribution in [2.24, 2.45) is 0 Å². The van der Waals surface area contributed by atoms with Crippen LogP contribution in [0.1, 0.15) is 60.7 Å². The van der Waals surface area contributed by atoms with E-state index in [-0.39, 0.29) is 17.9 Å². The van der Waals surface area contributed by atoms with E-state index in [0.717, 1.165) is 35.4 Å². The standard InChI is InChI=1S/C25H27N7O3/c1-14-23-18(17-9-6-10-19(34-3)24(17)35-16-7-4-5-8-16)13-22(33)26-25(23)32(29-14)21-12-11-20-28-27-15(2)31(20)30-21/h6,9-12,16,18H,4-5,7-8,13H2,1-3H3,(H,26,33). The summed E-state index contributed by atoms with van der Waals surface area (Å²) in [6.07, 6.45) is 4.85. The topological polar surface area (TPSA) is 108 Å². The number of rotatable bonds is 5. The minimum Gasteiger partial charge on any atom is -0.493 e. The fourth-order valence-electron chi connectivity index (χ4n) is 5.24. The van der Waals surface area contributed by atoms with Gasteiger partial charge < -0.3 is 14.8 Å². The van der Waals surface area contributed by atoms with Gasteiger partial charge in [0.15, 0.2) is 28.8 Å². The molecule has 1 atom stereocenters. The molecule has 10 heteroatoms. The van der Waals surface area contributed by atoms with Crippen LogP contribution in [0.15, 0.2) is 30.3 Å². The zero-order valence-corrected chi connectivity index (χ0v) is 20.0. The third-order valence-electron chi connectivity index (χ3n) is 6.92. The molecule has 0 bridgehead atoms. The number of nitrogens with one attached hydrogen (secondary N) is 1. The van der Waals surface area contributed by atoms with E-state index in [9.17, 15) is 4.79 Å². The van der Waals surface area contributed by atoms with E-state index < -0.39 is 0 Å². The average molecular weight is 474 g/mol. The molecule has 1 aliphatic carbocycles. The van der Waals surface area contributed by atoms with Crippen molar-refractivity contribution in [1.82, 2.24) is 29.6 Å². The van der Waals surface area contributed by atoms with Gasteiger partial charge >= 0.3 is 0 Å². The lowest BCUT2D eigenvalue weighted by Gasteiger charge is -2.27. The Kier molecular flexibility index (Phi) is 5.16. The first-order chi connectivity index (χ1) is 17.0. The SMILES string of the molecule is COc1cccc(C2CC(=O)Nc3c2c(C)nn3-c2ccc3nnc(C)n3n2)c1OC1CCCC1. The summed E-state index contributed by atoms with van der Waals surface area (Å²) in [5.41, 5.74) is 3.36. The molecule has 1 saturated carbocycles. The van der Waals surface area contributed by atoms with Crippen LogP contribution < -0.4 is 14.8 Å². The molecule has 2 aliphatic rings. The molecule has 10 nitrogen and oxygen atoms in total. The summed E-state index contributed by atoms with van der Waals surface area (Å²) in [6, 6.07) is 9.55. The van der Waals surface area contributed by atoms with Crippen molar-refractivity contribution in [2.45, 2.75) is 58.0 Å². The Morgan fingerprint density at radius 1 is 1.06 bits per heavy atom. The van der Waals surface area contributed by atoms with Crippen LogP contribution in [-0.2, 0) is 4.79 Å². The number of nitrogens with zero attached hydrogens (tertiary/aromatic N) is 6. The van der Waals surface area contributed by atoms with E-state index in [1.165, 1.54) is 12.8 Å². The van der Waals surface area contributed by atoms with Crippen molar-refractivity contribution in [3.05, 3.63) is 53.0 Å². The van der Waals surface area contributed by atoms with Crippen LogP contribution in [0.5, 0.6) is 11.5 Å². The van der Waals surface area contributed by atoms with Crippen LogP contribution in [0, 0.1) is 13.8 Å². The highest BCUT2D eigenvalue weighted by Crippen LogP contribution is 2.46. The first kappa shape index (κ1) is 21.6. The van der Waals surface area contributed by atoms with Gasteiger partial charge in [0, 0.05) is 23.5 Å². The highest BCUT2D eigenvalue weighted by Gasteiger charge is 2.36. The number of fused-ring (bicyclic) bond motifs is 2. The predicted octanol–water partition coefficient (Wildman–Crippen LogP) is 3.73. The summed E-state index contributed by atoms with van der Waals surface area (Å²) in [4.78, 5) is 13.0. The Morgan fingerprint density at radius 3 is 2.69 bits per heavy atom. The molecule has 1 N–H and O–H groups in total. The van der Waals surface area contributed by atoms with Crippen LogP contribution in [0.2, 0.25) is 0 Å². The number of hydrogen-bond donors (Lipinski definition) is 1. The summed E-state index contributed by atoms with van der Waals surface area (Å²) in [7, 11) is 1.65. The number of ether oxygens (including phenoxy) is 2. The molecule has 1 amide bonds. The number of carbonyl (C=O) groups is 1. The zero-order chi connectivity index (χ0) is 24.1. The highest BCUT2D eigenvalue weighted by atomic mass is 16.5. The van der Waals surface area contributed by atoms with E-state index in [4.69, 9.17) is 14.6 Å². The fraction of sp³-hybridized carbons (Fsp3) is 0.400. The van der Waals surface area contributed by atoms with Crippen LogP contribution >= 0.6 is 0 Å². The van der Waals surface area contributed by atoms with Crippen molar-refractivity contribution >= 4 is 17.4 Å². The van der Waals surface area contributed by atoms with Crippen LogP contribution in [-0.4, -0.2) is 48.7 Å². The third-order valence-corrected chi connectivity index (χ3v) is 6.92. The van der Waals surface area contributed by atoms with Gasteiger partial charge in [0.2, 0.25) is 5.91 Å². The normalized spacial score (nSPS) is 18.0. The fourth-order valence-corrected chi connectivity index (χ4v) is 5.24. The maximum atomic E-state index is 13.0. The molecule has 3 aromatic heterocycles. The maximum Gasteiger partial charge on any atom is 0.226 e. The Balaban J connectivity index is 1.48. The second-order valence-electron chi connectivity index (χ2n) is 9.18. The van der Waals surface area contributed by atoms with Gasteiger partial charge in [-0.3, -0.25) is 4.79 Å². The molecular weight excluding hydrogens is 446 g/mol. The van der Waals surface area contributed by atoms with Crippen molar-refractivity contribution in [3.8, 4) is 17.3 Å². The van der Waals surface area contributed by atoms with Gasteiger partial charge in [0.25, 0.3) is 0 Å². The Morgan fingerprint density at radius 2 is 1.89 bits per heavy atom. The van der Waals surface area contributed by atoms with Crippen molar-refractivity contribution in [1.29, 1.82) is 0 Å². The quantitative estimate of drug-likeness (QED) is 0.470. The van der Waals surface area contributed by atoms with Gasteiger partial charge in [-0.2, -0.15) is 14.3 Å². The molecule has 1 fully saturated rings. The summed E-state index contributed by atoms with van der Waals surface area (Å²) in [5.74, 6) is 2.96. The summed E-state index contributed by atoms with van der Waals surface area (Å²) in [6.45, 7) is 3.80. The monoisotopic (exact) mass is 473 g/mol. The van der Waals surface area contributed by atoms with E-state index in [0.29, 0.717) is 35.3 Å². The second kappa shape index (κ2) is 8.37. The molecule has 1 unspecified atom stereocenters. The number of aromatic nitrogens is 6. The Bertz CT molecular complexity index is 1430. The number of benzene rings is 1. The lowest BCUT2D eigenvalue weighted by atomic mass is 9.85. The largest absolute Gasteiger partial charge is 0.493 e. The molecule has 4 aromatic rings. The maximum absolute atomic E-state index is 13.0. The number of methoxy groups -OCH3 is 1. The van der Waals surface area contributed by atoms with Crippen molar-refractivity contribution in [2.75, 3.05) is 12.4 Å². The summed E-state index contributed by atoms with van der Waals surface area (Å²) >= 11 is 0. The molecule has 180 valence electrons. The minimum absolute atomic E-state index is 0.0835. The molecule has 0 radical (unpaired) electrons. The number of anilines is 1. The van der Waals surface area contributed by atoms with E-state index in [1.54, 1.807) is 16.3 Å². The number of hydrogen-bond acceptors (Lipinski definition) is 7. The average Bonchev–Trinajstić information content (AvgIpc) is 3.58. The Hall–Kier alpha value is -3.95. The van der Waals surface area contributed by atoms with Gasteiger partial charge in [-0.05, 0) is 57.7 Å². The minimum atomic E-state index is -0.223. The number of carbonyl (C=O) groups excluding carboxylic acids is 1. The highest BCUT2D eigenvalue weighted by molar-refractivity contribution is 5.95. The molecular formula is C25H27N7O3.